The second kappa shape index (κ2) is 11.9. The minimum absolute atomic E-state index is 0.0578. The highest BCUT2D eigenvalue weighted by atomic mass is 32.3. The molecule has 23 heteroatoms. The van der Waals surface area contributed by atoms with Crippen molar-refractivity contribution < 1.29 is 36.2 Å². The molecule has 0 radical (unpaired) electrons. The van der Waals surface area contributed by atoms with E-state index in [0.29, 0.717) is 31.8 Å². The first-order chi connectivity index (χ1) is 23.6. The summed E-state index contributed by atoms with van der Waals surface area (Å²) in [4.78, 5) is 62.0. The molecule has 8 heterocycles. The molecule has 0 spiro atoms. The summed E-state index contributed by atoms with van der Waals surface area (Å²) in [6.07, 6.45) is 9.38. The maximum atomic E-state index is 13.1. The van der Waals surface area contributed by atoms with E-state index in [9.17, 15) is 27.6 Å². The average Bonchev–Trinajstić information content (AvgIpc) is 3.94. The van der Waals surface area contributed by atoms with E-state index < -0.39 is 46.4 Å². The molecule has 252 valence electrons. The Morgan fingerprint density at radius 1 is 0.755 bits per heavy atom. The van der Waals surface area contributed by atoms with Gasteiger partial charge >= 0.3 is 22.5 Å². The van der Waals surface area contributed by atoms with Crippen LogP contribution in [0.4, 0.5) is 19.9 Å². The Morgan fingerprint density at radius 3 is 1.61 bits per heavy atom. The molecule has 0 aliphatic carbocycles. The van der Waals surface area contributed by atoms with Gasteiger partial charge in [0, 0.05) is 48.6 Å². The molecule has 4 aromatic rings. The van der Waals surface area contributed by atoms with Crippen LogP contribution in [0.3, 0.4) is 0 Å². The molecule has 2 unspecified atom stereocenters. The van der Waals surface area contributed by atoms with Crippen molar-refractivity contribution in [3.05, 3.63) is 71.2 Å². The predicted molar refractivity (Wildman–Crippen MR) is 169 cm³/mol. The van der Waals surface area contributed by atoms with Crippen LogP contribution in [0.1, 0.15) is 21.0 Å². The largest absolute Gasteiger partial charge is 0.442 e. The molecule has 2 fully saturated rings. The second-order valence-electron chi connectivity index (χ2n) is 10.9. The second-order valence-corrected chi connectivity index (χ2v) is 13.8. The number of fused-ring (bicyclic) bond motifs is 4. The van der Waals surface area contributed by atoms with E-state index in [0.717, 1.165) is 0 Å². The van der Waals surface area contributed by atoms with Gasteiger partial charge in [0.1, 0.15) is 12.1 Å². The van der Waals surface area contributed by atoms with Gasteiger partial charge in [-0.3, -0.25) is 20.2 Å². The zero-order chi connectivity index (χ0) is 33.9. The molecule has 4 aromatic heterocycles. The van der Waals surface area contributed by atoms with E-state index in [1.54, 1.807) is 47.7 Å². The zero-order valence-electron chi connectivity index (χ0n) is 24.7. The van der Waals surface area contributed by atoms with E-state index in [4.69, 9.17) is 8.57 Å². The van der Waals surface area contributed by atoms with Crippen molar-refractivity contribution >= 4 is 78.6 Å². The quantitative estimate of drug-likeness (QED) is 0.236. The van der Waals surface area contributed by atoms with Crippen LogP contribution < -0.4 is 10.6 Å². The summed E-state index contributed by atoms with van der Waals surface area (Å²) in [6.45, 7) is 0.356. The lowest BCUT2D eigenvalue weighted by Gasteiger charge is -2.22. The molecule has 4 aliphatic heterocycles. The number of rotatable bonds is 10. The molecule has 20 nitrogen and oxygen atoms in total. The summed E-state index contributed by atoms with van der Waals surface area (Å²) in [6, 6.07) is -0.203. The smallest absolute Gasteiger partial charge is 0.314 e. The Bertz CT molecular complexity index is 2000. The topological polar surface area (TPSA) is 219 Å². The number of amides is 6. The molecule has 8 rings (SSSR count). The van der Waals surface area contributed by atoms with Crippen molar-refractivity contribution in [1.82, 2.24) is 49.5 Å². The molecule has 4 bridgehead atoms. The average molecular weight is 727 g/mol. The number of hydrogen-bond acceptors (Lipinski definition) is 14. The molecule has 2 N–H and O–H groups in total. The Balaban J connectivity index is 0.932. The van der Waals surface area contributed by atoms with Crippen LogP contribution in [0.15, 0.2) is 59.8 Å². The van der Waals surface area contributed by atoms with Crippen molar-refractivity contribution in [2.75, 3.05) is 36.8 Å². The van der Waals surface area contributed by atoms with Gasteiger partial charge in [-0.2, -0.15) is 28.7 Å². The summed E-state index contributed by atoms with van der Waals surface area (Å²) in [5.41, 5.74) is 1.22. The maximum absolute atomic E-state index is 13.1. The van der Waals surface area contributed by atoms with Crippen LogP contribution in [0.2, 0.25) is 0 Å². The minimum Gasteiger partial charge on any atom is -0.314 e. The van der Waals surface area contributed by atoms with Crippen LogP contribution in [-0.2, 0) is 19.0 Å². The molecular formula is C26H22N12O8S3. The first-order valence-electron chi connectivity index (χ1n) is 14.4. The van der Waals surface area contributed by atoms with Gasteiger partial charge in [0.25, 0.3) is 11.8 Å². The summed E-state index contributed by atoms with van der Waals surface area (Å²) >= 11 is 2.51. The monoisotopic (exact) mass is 726 g/mol. The van der Waals surface area contributed by atoms with Gasteiger partial charge < -0.3 is 9.80 Å². The van der Waals surface area contributed by atoms with Gasteiger partial charge in [-0.25, -0.2) is 28.9 Å². The third-order valence-corrected chi connectivity index (χ3v) is 9.75. The number of aromatic nitrogens is 6. The fourth-order valence-corrected chi connectivity index (χ4v) is 7.37. The van der Waals surface area contributed by atoms with Gasteiger partial charge in [-0.1, -0.05) is 0 Å². The van der Waals surface area contributed by atoms with Crippen molar-refractivity contribution in [3.63, 3.8) is 0 Å². The minimum atomic E-state index is -4.98. The Hall–Kier alpha value is -5.49. The van der Waals surface area contributed by atoms with Crippen molar-refractivity contribution in [2.24, 2.45) is 0 Å². The standard InChI is InChI=1S/C26H22N12O8S3/c39-21(29-23-27-3-7-47-23)19-1-5-35(31-19)15-9-17-13-33(11-15)25(41)37(17)45-49(43,44)46-38-18-10-16(12-34(14-18)26(38)42)36-6-2-20(32-36)22(40)30-24-28-4-8-48-24/h1-10,17-18H,11-14H2,(H,27,29,39)(H,28,30,40). The van der Waals surface area contributed by atoms with E-state index in [-0.39, 0.29) is 37.6 Å². The van der Waals surface area contributed by atoms with Crippen LogP contribution in [0.5, 0.6) is 0 Å². The third kappa shape index (κ3) is 5.92. The summed E-state index contributed by atoms with van der Waals surface area (Å²) in [7, 11) is -4.98. The highest BCUT2D eigenvalue weighted by Crippen LogP contribution is 2.31. The van der Waals surface area contributed by atoms with Crippen LogP contribution in [-0.4, -0.2) is 120 Å². The molecule has 0 aromatic carbocycles. The predicted octanol–water partition coefficient (Wildman–Crippen LogP) is 1.23. The van der Waals surface area contributed by atoms with Crippen LogP contribution in [0.25, 0.3) is 11.4 Å². The maximum Gasteiger partial charge on any atom is 0.442 e. The summed E-state index contributed by atoms with van der Waals surface area (Å²) < 4.78 is 39.2. The summed E-state index contributed by atoms with van der Waals surface area (Å²) in [5, 5.41) is 19.4. The van der Waals surface area contributed by atoms with E-state index in [1.165, 1.54) is 54.0 Å². The Morgan fingerprint density at radius 2 is 1.20 bits per heavy atom. The number of thiazole rings is 2. The Kier molecular flexibility index (Phi) is 7.47. The number of urea groups is 2. The lowest BCUT2D eigenvalue weighted by atomic mass is 10.2. The number of hydroxylamine groups is 4. The fourth-order valence-electron chi connectivity index (χ4n) is 5.55. The molecule has 2 atom stereocenters. The van der Waals surface area contributed by atoms with Crippen LogP contribution in [0, 0.1) is 0 Å². The van der Waals surface area contributed by atoms with Crippen molar-refractivity contribution in [2.45, 2.75) is 12.1 Å². The first-order valence-corrected chi connectivity index (χ1v) is 17.4. The highest BCUT2D eigenvalue weighted by Gasteiger charge is 2.47. The number of hydrogen-bond donors (Lipinski definition) is 2. The van der Waals surface area contributed by atoms with Crippen molar-refractivity contribution in [3.8, 4) is 0 Å². The number of carbonyl (C=O) groups is 4. The van der Waals surface area contributed by atoms with Gasteiger partial charge in [-0.05, 0) is 24.3 Å². The lowest BCUT2D eigenvalue weighted by Crippen LogP contribution is -2.40. The molecular weight excluding hydrogens is 705 g/mol. The SMILES string of the molecule is O=C(Nc1nccs1)c1ccn(C2=CC3CN(C2)C(=O)N3OS(=O)(=O)ON2C(=O)N3CC(n4ccc(C(=O)Nc5nccs5)n4)=CC2C3)n1. The Labute approximate surface area is 283 Å². The number of nitrogens with zero attached hydrogens (tertiary/aromatic N) is 10. The zero-order valence-corrected chi connectivity index (χ0v) is 27.2. The number of carbonyl (C=O) groups excluding carboxylic acids is 4. The van der Waals surface area contributed by atoms with Gasteiger partial charge in [0.15, 0.2) is 21.7 Å². The lowest BCUT2D eigenvalue weighted by molar-refractivity contribution is -0.0723. The normalized spacial score (nSPS) is 20.2. The first kappa shape index (κ1) is 30.8. The van der Waals surface area contributed by atoms with Crippen molar-refractivity contribution in [1.29, 1.82) is 0 Å². The van der Waals surface area contributed by atoms with E-state index in [2.05, 4.69) is 30.8 Å². The third-order valence-electron chi connectivity index (χ3n) is 7.69. The fraction of sp³-hybridized carbons (Fsp3) is 0.231. The molecule has 0 saturated carbocycles. The molecule has 4 aliphatic rings. The van der Waals surface area contributed by atoms with Gasteiger partial charge in [0.2, 0.25) is 0 Å². The van der Waals surface area contributed by atoms with Gasteiger partial charge in [-0.15, -0.1) is 31.2 Å². The van der Waals surface area contributed by atoms with Crippen LogP contribution >= 0.6 is 22.7 Å². The van der Waals surface area contributed by atoms with E-state index in [1.807, 2.05) is 0 Å². The molecule has 2 saturated heterocycles. The molecule has 6 amide bonds. The molecule has 49 heavy (non-hydrogen) atoms. The van der Waals surface area contributed by atoms with E-state index >= 15 is 0 Å². The highest BCUT2D eigenvalue weighted by molar-refractivity contribution is 7.81. The number of nitrogens with one attached hydrogen (secondary N) is 2. The van der Waals surface area contributed by atoms with Gasteiger partial charge in [0.05, 0.1) is 24.5 Å². The number of anilines is 2. The summed E-state index contributed by atoms with van der Waals surface area (Å²) in [5.74, 6) is -0.942.